The average molecular weight is 393 g/mol. The molecule has 0 radical (unpaired) electrons. The van der Waals surface area contributed by atoms with Crippen LogP contribution in [0.25, 0.3) is 0 Å². The van der Waals surface area contributed by atoms with Gasteiger partial charge in [0.05, 0.1) is 12.2 Å². The van der Waals surface area contributed by atoms with Gasteiger partial charge in [-0.1, -0.05) is 29.1 Å². The van der Waals surface area contributed by atoms with Crippen LogP contribution in [0.1, 0.15) is 29.7 Å². The van der Waals surface area contributed by atoms with E-state index in [1.807, 2.05) is 13.1 Å². The molecule has 0 bridgehead atoms. The molecule has 2 aromatic rings. The molecule has 26 heavy (non-hydrogen) atoms. The summed E-state index contributed by atoms with van der Waals surface area (Å²) in [6.45, 7) is 2.00. The first kappa shape index (κ1) is 18.7. The number of aryl methyl sites for hydroxylation is 1. The summed E-state index contributed by atoms with van der Waals surface area (Å²) < 4.78 is 1.66. The van der Waals surface area contributed by atoms with Gasteiger partial charge in [-0.2, -0.15) is 10.1 Å². The zero-order valence-electron chi connectivity index (χ0n) is 14.6. The predicted octanol–water partition coefficient (Wildman–Crippen LogP) is 2.39. The second-order valence-electron chi connectivity index (χ2n) is 6.06. The van der Waals surface area contributed by atoms with Crippen LogP contribution in [0.4, 0.5) is 0 Å². The normalized spacial score (nSPS) is 20.4. The lowest BCUT2D eigenvalue weighted by Crippen LogP contribution is -2.39. The van der Waals surface area contributed by atoms with Gasteiger partial charge < -0.3 is 5.11 Å². The van der Waals surface area contributed by atoms with Crippen molar-refractivity contribution in [2.75, 3.05) is 7.05 Å². The van der Waals surface area contributed by atoms with Crippen molar-refractivity contribution in [2.45, 2.75) is 25.6 Å². The van der Waals surface area contributed by atoms with E-state index in [9.17, 15) is 9.90 Å². The van der Waals surface area contributed by atoms with Gasteiger partial charge >= 0.3 is 0 Å². The number of hydrazine groups is 1. The maximum Gasteiger partial charge on any atom is 0.248 e. The lowest BCUT2D eigenvalue weighted by atomic mass is 9.96. The molecular formula is C18H18Cl2N4O2. The third-order valence-electron chi connectivity index (χ3n) is 4.33. The van der Waals surface area contributed by atoms with E-state index in [4.69, 9.17) is 23.2 Å². The molecule has 0 spiro atoms. The van der Waals surface area contributed by atoms with Gasteiger partial charge in [-0.25, -0.2) is 0 Å². The number of halogens is 2. The highest BCUT2D eigenvalue weighted by Gasteiger charge is 2.46. The minimum atomic E-state index is -1.10. The molecule has 1 N–H and O–H groups in total. The first-order valence-corrected chi connectivity index (χ1v) is 8.71. The Balaban J connectivity index is 1.95. The highest BCUT2D eigenvalue weighted by molar-refractivity contribution is 6.36. The van der Waals surface area contributed by atoms with Crippen LogP contribution in [0.3, 0.4) is 0 Å². The molecule has 2 heterocycles. The van der Waals surface area contributed by atoms with Crippen LogP contribution < -0.4 is 0 Å². The topological polar surface area (TPSA) is 61.6 Å². The van der Waals surface area contributed by atoms with Gasteiger partial charge in [0.25, 0.3) is 0 Å². The summed E-state index contributed by atoms with van der Waals surface area (Å²) in [7, 11) is 3.41. The van der Waals surface area contributed by atoms with Crippen molar-refractivity contribution in [1.29, 1.82) is 0 Å². The molecule has 1 aromatic heterocycles. The lowest BCUT2D eigenvalue weighted by molar-refractivity contribution is -0.140. The van der Waals surface area contributed by atoms with E-state index in [1.165, 1.54) is 5.01 Å². The van der Waals surface area contributed by atoms with Crippen molar-refractivity contribution in [3.63, 3.8) is 0 Å². The van der Waals surface area contributed by atoms with Crippen LogP contribution in [0.5, 0.6) is 0 Å². The van der Waals surface area contributed by atoms with Crippen LogP contribution >= 0.6 is 23.2 Å². The predicted molar refractivity (Wildman–Crippen MR) is 99.3 cm³/mol. The number of benzene rings is 1. The zero-order valence-corrected chi connectivity index (χ0v) is 16.1. The molecule has 136 valence electrons. The fourth-order valence-electron chi connectivity index (χ4n) is 3.09. The van der Waals surface area contributed by atoms with Crippen LogP contribution in [-0.4, -0.2) is 44.1 Å². The van der Waals surface area contributed by atoms with Gasteiger partial charge in [0.2, 0.25) is 5.91 Å². The minimum Gasteiger partial charge on any atom is -0.375 e. The summed E-state index contributed by atoms with van der Waals surface area (Å²) in [4.78, 5) is 12.8. The fourth-order valence-corrected chi connectivity index (χ4v) is 3.81. The molecule has 0 aliphatic carbocycles. The Hall–Kier alpha value is -2.04. The standard InChI is InChI=1S/C18H18Cl2N4O2/c1-4-5-11-8-13(19)15(14(20)9-11)16-17(25)23(3)24(18(16)26)10-12-6-7-22(2)21-12/h6-9,16,18,26H,10H2,1-3H3. The maximum absolute atomic E-state index is 12.8. The third-order valence-corrected chi connectivity index (χ3v) is 4.95. The Morgan fingerprint density at radius 3 is 2.46 bits per heavy atom. The average Bonchev–Trinajstić information content (AvgIpc) is 3.07. The smallest absolute Gasteiger partial charge is 0.248 e. The number of carbonyl (C=O) groups excluding carboxylic acids is 1. The largest absolute Gasteiger partial charge is 0.375 e. The summed E-state index contributed by atoms with van der Waals surface area (Å²) in [5.74, 6) is 4.50. The second-order valence-corrected chi connectivity index (χ2v) is 6.87. The van der Waals surface area contributed by atoms with Gasteiger partial charge in [-0.15, -0.1) is 5.92 Å². The third kappa shape index (κ3) is 3.31. The molecule has 1 saturated heterocycles. The van der Waals surface area contributed by atoms with Crippen molar-refractivity contribution in [3.8, 4) is 11.8 Å². The molecule has 2 atom stereocenters. The van der Waals surface area contributed by atoms with Crippen LogP contribution in [-0.2, 0) is 18.4 Å². The lowest BCUT2D eigenvalue weighted by Gasteiger charge is -2.25. The van der Waals surface area contributed by atoms with E-state index in [0.29, 0.717) is 21.2 Å². The van der Waals surface area contributed by atoms with E-state index < -0.39 is 12.1 Å². The van der Waals surface area contributed by atoms with E-state index in [1.54, 1.807) is 42.0 Å². The summed E-state index contributed by atoms with van der Waals surface area (Å²) in [6.07, 6.45) is 0.700. The molecule has 1 aliphatic rings. The monoisotopic (exact) mass is 392 g/mol. The molecule has 1 amide bonds. The van der Waals surface area contributed by atoms with Crippen molar-refractivity contribution < 1.29 is 9.90 Å². The molecule has 1 fully saturated rings. The van der Waals surface area contributed by atoms with Gasteiger partial charge in [0.1, 0.15) is 12.1 Å². The molecule has 1 aliphatic heterocycles. The van der Waals surface area contributed by atoms with E-state index in [-0.39, 0.29) is 12.5 Å². The Morgan fingerprint density at radius 2 is 1.92 bits per heavy atom. The minimum absolute atomic E-state index is 0.286. The number of carbonyl (C=O) groups is 1. The Kier molecular flexibility index (Phi) is 5.26. The number of rotatable bonds is 3. The van der Waals surface area contributed by atoms with Gasteiger partial charge in [-0.05, 0) is 25.1 Å². The highest BCUT2D eigenvalue weighted by Crippen LogP contribution is 2.40. The van der Waals surface area contributed by atoms with Crippen LogP contribution in [0, 0.1) is 11.8 Å². The van der Waals surface area contributed by atoms with Crippen LogP contribution in [0.2, 0.25) is 10.0 Å². The Morgan fingerprint density at radius 1 is 1.27 bits per heavy atom. The number of likely N-dealkylation sites (N-methyl/N-ethyl adjacent to an activating group) is 1. The summed E-state index contributed by atoms with van der Waals surface area (Å²) in [5.41, 5.74) is 1.80. The number of amides is 1. The quantitative estimate of drug-likeness (QED) is 0.814. The molecule has 2 unspecified atom stereocenters. The van der Waals surface area contributed by atoms with Gasteiger partial charge in [0, 0.05) is 41.5 Å². The van der Waals surface area contributed by atoms with Crippen molar-refractivity contribution >= 4 is 29.1 Å². The van der Waals surface area contributed by atoms with E-state index >= 15 is 0 Å². The van der Waals surface area contributed by atoms with Crippen LogP contribution in [0.15, 0.2) is 24.4 Å². The highest BCUT2D eigenvalue weighted by atomic mass is 35.5. The molecular weight excluding hydrogens is 375 g/mol. The zero-order chi connectivity index (χ0) is 19.0. The summed E-state index contributed by atoms with van der Waals surface area (Å²) in [6, 6.07) is 5.14. The number of hydrogen-bond donors (Lipinski definition) is 1. The van der Waals surface area contributed by atoms with Gasteiger partial charge in [0.15, 0.2) is 0 Å². The number of hydrogen-bond acceptors (Lipinski definition) is 4. The Bertz CT molecular complexity index is 892. The molecule has 8 heteroatoms. The SMILES string of the molecule is CC#Cc1cc(Cl)c(C2C(=O)N(C)N(Cc3ccn(C)n3)C2O)c(Cl)c1. The van der Waals surface area contributed by atoms with Crippen molar-refractivity contribution in [1.82, 2.24) is 19.8 Å². The van der Waals surface area contributed by atoms with E-state index in [0.717, 1.165) is 5.69 Å². The maximum atomic E-state index is 12.8. The van der Waals surface area contributed by atoms with Crippen molar-refractivity contribution in [3.05, 3.63) is 51.3 Å². The summed E-state index contributed by atoms with van der Waals surface area (Å²) in [5, 5.41) is 18.6. The number of aliphatic hydroxyl groups excluding tert-OH is 1. The molecule has 1 aromatic carbocycles. The molecule has 3 rings (SSSR count). The first-order valence-electron chi connectivity index (χ1n) is 7.96. The molecule has 6 nitrogen and oxygen atoms in total. The fraction of sp³-hybridized carbons (Fsp3) is 0.333. The first-order chi connectivity index (χ1) is 12.3. The Labute approximate surface area is 161 Å². The second kappa shape index (κ2) is 7.29. The van der Waals surface area contributed by atoms with E-state index in [2.05, 4.69) is 16.9 Å². The van der Waals surface area contributed by atoms with Crippen molar-refractivity contribution in [2.24, 2.45) is 7.05 Å². The summed E-state index contributed by atoms with van der Waals surface area (Å²) >= 11 is 12.7. The van der Waals surface area contributed by atoms with Gasteiger partial charge in [-0.3, -0.25) is 14.5 Å². The number of aliphatic hydroxyl groups is 1. The number of aromatic nitrogens is 2. The number of nitrogens with zero attached hydrogens (tertiary/aromatic N) is 4. The molecule has 0 saturated carbocycles.